The highest BCUT2D eigenvalue weighted by atomic mass is 79.9. The molecule has 0 saturated carbocycles. The average molecular weight is 557 g/mol. The molecule has 0 aromatic heterocycles. The van der Waals surface area contributed by atoms with Crippen molar-refractivity contribution in [3.05, 3.63) is 61.9 Å². The number of carbonyl (C=O) groups is 2. The van der Waals surface area contributed by atoms with E-state index >= 15 is 0 Å². The number of rotatable bonds is 8. The minimum absolute atomic E-state index is 0.0786. The minimum atomic E-state index is -0.397. The van der Waals surface area contributed by atoms with Crippen molar-refractivity contribution in [2.45, 2.75) is 13.0 Å². The molecule has 0 unspecified atom stereocenters. The molecule has 1 aliphatic rings. The first-order valence-electron chi connectivity index (χ1n) is 9.39. The van der Waals surface area contributed by atoms with E-state index in [9.17, 15) is 9.59 Å². The first-order valence-corrected chi connectivity index (χ1v) is 11.8. The summed E-state index contributed by atoms with van der Waals surface area (Å²) in [7, 11) is 2.85. The second kappa shape index (κ2) is 11.2. The van der Waals surface area contributed by atoms with Gasteiger partial charge in [-0.05, 0) is 57.4 Å². The third-order valence-electron chi connectivity index (χ3n) is 4.49. The van der Waals surface area contributed by atoms with Crippen molar-refractivity contribution in [1.29, 1.82) is 0 Å². The Morgan fingerprint density at radius 3 is 2.62 bits per heavy atom. The summed E-state index contributed by atoms with van der Waals surface area (Å²) >= 11 is 15.9. The molecular formula is C22H19BrClNO5S2. The zero-order chi connectivity index (χ0) is 23.3. The van der Waals surface area contributed by atoms with Crippen LogP contribution in [0.2, 0.25) is 5.02 Å². The number of esters is 1. The molecule has 1 fully saturated rings. The summed E-state index contributed by atoms with van der Waals surface area (Å²) in [5.74, 6) is 0.416. The fraction of sp³-hybridized carbons (Fsp3) is 0.227. The van der Waals surface area contributed by atoms with E-state index in [1.807, 2.05) is 18.2 Å². The zero-order valence-corrected chi connectivity index (χ0v) is 21.2. The number of nitrogens with zero attached hydrogens (tertiary/aromatic N) is 1. The Bertz CT molecular complexity index is 1070. The van der Waals surface area contributed by atoms with Crippen molar-refractivity contribution in [2.75, 3.05) is 20.8 Å². The first-order chi connectivity index (χ1) is 15.3. The largest absolute Gasteiger partial charge is 0.493 e. The molecule has 0 N–H and O–H groups in total. The molecule has 0 aliphatic carbocycles. The topological polar surface area (TPSA) is 65.1 Å². The van der Waals surface area contributed by atoms with Crippen molar-refractivity contribution in [2.24, 2.45) is 0 Å². The van der Waals surface area contributed by atoms with Gasteiger partial charge in [0.05, 0.1) is 30.0 Å². The second-order valence-corrected chi connectivity index (χ2v) is 9.58. The molecule has 6 nitrogen and oxygen atoms in total. The van der Waals surface area contributed by atoms with Crippen LogP contribution in [0, 0.1) is 0 Å². The van der Waals surface area contributed by atoms with Crippen LogP contribution in [0.3, 0.4) is 0 Å². The summed E-state index contributed by atoms with van der Waals surface area (Å²) in [4.78, 5) is 26.0. The van der Waals surface area contributed by atoms with E-state index in [1.165, 1.54) is 23.8 Å². The molecule has 0 radical (unpaired) electrons. The summed E-state index contributed by atoms with van der Waals surface area (Å²) in [6, 6.07) is 11.0. The van der Waals surface area contributed by atoms with Crippen LogP contribution in [0.25, 0.3) is 6.08 Å². The fourth-order valence-corrected chi connectivity index (χ4v) is 4.86. The number of thioether (sulfide) groups is 1. The summed E-state index contributed by atoms with van der Waals surface area (Å²) < 4.78 is 17.2. The number of halogens is 2. The maximum absolute atomic E-state index is 12.7. The van der Waals surface area contributed by atoms with E-state index < -0.39 is 5.97 Å². The van der Waals surface area contributed by atoms with Gasteiger partial charge in [-0.2, -0.15) is 0 Å². The number of thiocarbonyl (C=S) groups is 1. The van der Waals surface area contributed by atoms with Gasteiger partial charge in [-0.3, -0.25) is 14.5 Å². The van der Waals surface area contributed by atoms with E-state index in [1.54, 1.807) is 31.4 Å². The van der Waals surface area contributed by atoms with E-state index in [-0.39, 0.29) is 18.9 Å². The van der Waals surface area contributed by atoms with Gasteiger partial charge in [0.2, 0.25) is 0 Å². The fourth-order valence-electron chi connectivity index (χ4n) is 2.85. The van der Waals surface area contributed by atoms with Gasteiger partial charge >= 0.3 is 5.97 Å². The second-order valence-electron chi connectivity index (χ2n) is 6.61. The van der Waals surface area contributed by atoms with Crippen LogP contribution < -0.4 is 9.47 Å². The number of amides is 1. The maximum Gasteiger partial charge on any atom is 0.307 e. The van der Waals surface area contributed by atoms with Gasteiger partial charge < -0.3 is 14.2 Å². The number of ether oxygens (including phenoxy) is 3. The lowest BCUT2D eigenvalue weighted by Crippen LogP contribution is -2.30. The lowest BCUT2D eigenvalue weighted by atomic mass is 10.1. The lowest BCUT2D eigenvalue weighted by molar-refractivity contribution is -0.140. The standard InChI is InChI=1S/C22H19BrClNO5S2/c1-28-17-10-14(9-16(23)20(17)30-12-13-3-5-15(24)6-4-13)11-18-21(27)25(22(31)32-18)8-7-19(26)29-2/h3-6,9-11H,7-8,12H2,1-2H3/b18-11-. The molecule has 1 amide bonds. The van der Waals surface area contributed by atoms with E-state index in [0.29, 0.717) is 36.8 Å². The van der Waals surface area contributed by atoms with Gasteiger partial charge in [0.1, 0.15) is 10.9 Å². The summed E-state index contributed by atoms with van der Waals surface area (Å²) in [6.07, 6.45) is 1.81. The van der Waals surface area contributed by atoms with E-state index in [2.05, 4.69) is 20.7 Å². The molecule has 2 aromatic carbocycles. The van der Waals surface area contributed by atoms with E-state index in [0.717, 1.165) is 11.1 Å². The van der Waals surface area contributed by atoms with Crippen LogP contribution in [0.5, 0.6) is 11.5 Å². The lowest BCUT2D eigenvalue weighted by Gasteiger charge is -2.14. The van der Waals surface area contributed by atoms with Crippen LogP contribution in [0.15, 0.2) is 45.8 Å². The molecule has 10 heteroatoms. The van der Waals surface area contributed by atoms with Gasteiger partial charge in [-0.25, -0.2) is 0 Å². The number of hydrogen-bond donors (Lipinski definition) is 0. The highest BCUT2D eigenvalue weighted by Crippen LogP contribution is 2.39. The summed E-state index contributed by atoms with van der Waals surface area (Å²) in [6.45, 7) is 0.517. The molecule has 2 aromatic rings. The normalized spacial score (nSPS) is 14.8. The third-order valence-corrected chi connectivity index (χ3v) is 6.71. The maximum atomic E-state index is 12.7. The molecule has 3 rings (SSSR count). The van der Waals surface area contributed by atoms with Crippen LogP contribution >= 0.6 is 51.5 Å². The quantitative estimate of drug-likeness (QED) is 0.243. The van der Waals surface area contributed by atoms with Gasteiger partial charge in [-0.1, -0.05) is 47.7 Å². The minimum Gasteiger partial charge on any atom is -0.493 e. The molecule has 32 heavy (non-hydrogen) atoms. The highest BCUT2D eigenvalue weighted by Gasteiger charge is 2.32. The van der Waals surface area contributed by atoms with Gasteiger partial charge in [0.25, 0.3) is 5.91 Å². The Balaban J connectivity index is 1.77. The highest BCUT2D eigenvalue weighted by molar-refractivity contribution is 9.10. The van der Waals surface area contributed by atoms with Crippen molar-refractivity contribution in [3.8, 4) is 11.5 Å². The Kier molecular flexibility index (Phi) is 8.58. The van der Waals surface area contributed by atoms with Crippen LogP contribution in [0.4, 0.5) is 0 Å². The smallest absolute Gasteiger partial charge is 0.307 e. The zero-order valence-electron chi connectivity index (χ0n) is 17.2. The van der Waals surface area contributed by atoms with Crippen LogP contribution in [-0.2, 0) is 20.9 Å². The van der Waals surface area contributed by atoms with Gasteiger partial charge in [-0.15, -0.1) is 0 Å². The van der Waals surface area contributed by atoms with Crippen molar-refractivity contribution >= 4 is 73.8 Å². The Hall–Kier alpha value is -2.07. The Labute approximate surface area is 209 Å². The molecule has 1 aliphatic heterocycles. The van der Waals surface area contributed by atoms with Crippen LogP contribution in [-0.4, -0.2) is 41.9 Å². The number of methoxy groups -OCH3 is 2. The number of hydrogen-bond acceptors (Lipinski definition) is 7. The molecule has 0 bridgehead atoms. The predicted octanol–water partition coefficient (Wildman–Crippen LogP) is 5.45. The third kappa shape index (κ3) is 6.04. The van der Waals surface area contributed by atoms with Gasteiger partial charge in [0, 0.05) is 11.6 Å². The van der Waals surface area contributed by atoms with E-state index in [4.69, 9.17) is 33.3 Å². The molecule has 1 heterocycles. The SMILES string of the molecule is COC(=O)CCN1C(=O)/C(=C/c2cc(Br)c(OCc3ccc(Cl)cc3)c(OC)c2)SC1=S. The summed E-state index contributed by atoms with van der Waals surface area (Å²) in [5.41, 5.74) is 1.70. The predicted molar refractivity (Wildman–Crippen MR) is 133 cm³/mol. The Morgan fingerprint density at radius 2 is 1.97 bits per heavy atom. The van der Waals surface area contributed by atoms with Crippen molar-refractivity contribution in [3.63, 3.8) is 0 Å². The molecule has 0 atom stereocenters. The van der Waals surface area contributed by atoms with Crippen molar-refractivity contribution in [1.82, 2.24) is 4.90 Å². The first kappa shape index (κ1) is 24.6. The number of carbonyl (C=O) groups excluding carboxylic acids is 2. The monoisotopic (exact) mass is 555 g/mol. The van der Waals surface area contributed by atoms with Gasteiger partial charge in [0.15, 0.2) is 11.5 Å². The number of benzene rings is 2. The molecule has 1 saturated heterocycles. The van der Waals surface area contributed by atoms with Crippen molar-refractivity contribution < 1.29 is 23.8 Å². The summed E-state index contributed by atoms with van der Waals surface area (Å²) in [5, 5.41) is 0.660. The Morgan fingerprint density at radius 1 is 1.25 bits per heavy atom. The molecule has 0 spiro atoms. The van der Waals surface area contributed by atoms with Crippen LogP contribution in [0.1, 0.15) is 17.5 Å². The molecule has 168 valence electrons. The molecular weight excluding hydrogens is 538 g/mol. The average Bonchev–Trinajstić information content (AvgIpc) is 3.04.